The Kier molecular flexibility index (Phi) is 3.88. The van der Waals surface area contributed by atoms with E-state index in [4.69, 9.17) is 5.73 Å². The van der Waals surface area contributed by atoms with Crippen molar-refractivity contribution in [1.29, 1.82) is 0 Å². The topological polar surface area (TPSA) is 45.4 Å². The van der Waals surface area contributed by atoms with Gasteiger partial charge in [0.25, 0.3) is 0 Å². The highest BCUT2D eigenvalue weighted by Crippen LogP contribution is 2.20. The van der Waals surface area contributed by atoms with Gasteiger partial charge in [-0.1, -0.05) is 6.07 Å². The van der Waals surface area contributed by atoms with E-state index < -0.39 is 0 Å². The summed E-state index contributed by atoms with van der Waals surface area (Å²) in [5.74, 6) is 1.06. The standard InChI is InChI=1S/C14H24N4/c1-10-8-18(9-11(2)17(10)4)14-6-5-13(7-16-14)12(3)15/h5-7,10-12H,8-9,15H2,1-4H3/t10?,11?,12-/m1/s1. The minimum Gasteiger partial charge on any atom is -0.354 e. The van der Waals surface area contributed by atoms with Crippen molar-refractivity contribution in [2.24, 2.45) is 5.73 Å². The van der Waals surface area contributed by atoms with Gasteiger partial charge in [-0.05, 0) is 39.4 Å². The maximum atomic E-state index is 5.84. The molecule has 0 bridgehead atoms. The fourth-order valence-electron chi connectivity index (χ4n) is 2.45. The van der Waals surface area contributed by atoms with E-state index in [1.54, 1.807) is 0 Å². The van der Waals surface area contributed by atoms with Crippen molar-refractivity contribution in [2.45, 2.75) is 38.9 Å². The number of piperazine rings is 1. The van der Waals surface area contributed by atoms with Gasteiger partial charge in [0, 0.05) is 37.4 Å². The van der Waals surface area contributed by atoms with Crippen molar-refractivity contribution in [2.75, 3.05) is 25.0 Å². The Morgan fingerprint density at radius 1 is 1.28 bits per heavy atom. The fourth-order valence-corrected chi connectivity index (χ4v) is 2.45. The van der Waals surface area contributed by atoms with E-state index in [9.17, 15) is 0 Å². The molecule has 1 saturated heterocycles. The van der Waals surface area contributed by atoms with Crippen LogP contribution in [-0.4, -0.2) is 42.1 Å². The van der Waals surface area contributed by atoms with Gasteiger partial charge in [-0.2, -0.15) is 0 Å². The molecule has 1 aromatic rings. The molecule has 0 radical (unpaired) electrons. The summed E-state index contributed by atoms with van der Waals surface area (Å²) in [4.78, 5) is 9.33. The molecule has 1 fully saturated rings. The van der Waals surface area contributed by atoms with Crippen molar-refractivity contribution in [3.8, 4) is 0 Å². The molecular weight excluding hydrogens is 224 g/mol. The molecule has 0 spiro atoms. The molecule has 0 aliphatic carbocycles. The molecule has 2 heterocycles. The van der Waals surface area contributed by atoms with Gasteiger partial charge < -0.3 is 10.6 Å². The normalized spacial score (nSPS) is 27.3. The van der Waals surface area contributed by atoms with Crippen molar-refractivity contribution < 1.29 is 0 Å². The second kappa shape index (κ2) is 5.24. The summed E-state index contributed by atoms with van der Waals surface area (Å²) < 4.78 is 0. The van der Waals surface area contributed by atoms with E-state index in [0.29, 0.717) is 12.1 Å². The quantitative estimate of drug-likeness (QED) is 0.864. The van der Waals surface area contributed by atoms with E-state index in [2.05, 4.69) is 47.8 Å². The van der Waals surface area contributed by atoms with Crippen molar-refractivity contribution in [3.05, 3.63) is 23.9 Å². The Morgan fingerprint density at radius 2 is 1.89 bits per heavy atom. The van der Waals surface area contributed by atoms with E-state index >= 15 is 0 Å². The molecule has 18 heavy (non-hydrogen) atoms. The number of rotatable bonds is 2. The second-order valence-electron chi connectivity index (χ2n) is 5.51. The molecule has 1 aliphatic heterocycles. The Hall–Kier alpha value is -1.13. The molecule has 0 amide bonds. The molecule has 4 nitrogen and oxygen atoms in total. The SMILES string of the molecule is CC1CN(c2ccc([C@@H](C)N)cn2)CC(C)N1C. The van der Waals surface area contributed by atoms with E-state index in [1.165, 1.54) is 0 Å². The summed E-state index contributed by atoms with van der Waals surface area (Å²) in [6.07, 6.45) is 1.90. The Morgan fingerprint density at radius 3 is 2.33 bits per heavy atom. The maximum absolute atomic E-state index is 5.84. The van der Waals surface area contributed by atoms with Gasteiger partial charge in [0.15, 0.2) is 0 Å². The number of anilines is 1. The van der Waals surface area contributed by atoms with Crippen LogP contribution in [0.25, 0.3) is 0 Å². The summed E-state index contributed by atoms with van der Waals surface area (Å²) in [5, 5.41) is 0. The third-order valence-corrected chi connectivity index (χ3v) is 3.98. The summed E-state index contributed by atoms with van der Waals surface area (Å²) in [5.41, 5.74) is 6.94. The molecule has 100 valence electrons. The van der Waals surface area contributed by atoms with E-state index in [0.717, 1.165) is 24.5 Å². The number of likely N-dealkylation sites (N-methyl/N-ethyl adjacent to an activating group) is 1. The van der Waals surface area contributed by atoms with Crippen LogP contribution < -0.4 is 10.6 Å². The zero-order chi connectivity index (χ0) is 13.3. The average molecular weight is 248 g/mol. The molecule has 3 atom stereocenters. The van der Waals surface area contributed by atoms with Crippen LogP contribution in [0.3, 0.4) is 0 Å². The first-order valence-corrected chi connectivity index (χ1v) is 6.67. The van der Waals surface area contributed by atoms with E-state index in [1.807, 2.05) is 13.1 Å². The molecule has 2 rings (SSSR count). The molecule has 0 aromatic carbocycles. The first kappa shape index (κ1) is 13.3. The highest BCUT2D eigenvalue weighted by atomic mass is 15.3. The Bertz CT molecular complexity index is 375. The lowest BCUT2D eigenvalue weighted by Crippen LogP contribution is -2.55. The first-order valence-electron chi connectivity index (χ1n) is 6.67. The van der Waals surface area contributed by atoms with Gasteiger partial charge in [-0.15, -0.1) is 0 Å². The Labute approximate surface area is 110 Å². The lowest BCUT2D eigenvalue weighted by Gasteiger charge is -2.43. The van der Waals surface area contributed by atoms with Crippen molar-refractivity contribution in [3.63, 3.8) is 0 Å². The predicted octanol–water partition coefficient (Wildman–Crippen LogP) is 1.63. The number of nitrogens with zero attached hydrogens (tertiary/aromatic N) is 3. The maximum Gasteiger partial charge on any atom is 0.128 e. The summed E-state index contributed by atoms with van der Waals surface area (Å²) in [6, 6.07) is 5.34. The number of pyridine rings is 1. The molecule has 0 saturated carbocycles. The third-order valence-electron chi connectivity index (χ3n) is 3.98. The molecule has 2 N–H and O–H groups in total. The largest absolute Gasteiger partial charge is 0.354 e. The van der Waals surface area contributed by atoms with Gasteiger partial charge in [0.05, 0.1) is 0 Å². The summed E-state index contributed by atoms with van der Waals surface area (Å²) >= 11 is 0. The minimum atomic E-state index is 0.0527. The van der Waals surface area contributed by atoms with Crippen molar-refractivity contribution >= 4 is 5.82 Å². The summed E-state index contributed by atoms with van der Waals surface area (Å²) in [7, 11) is 2.19. The zero-order valence-electron chi connectivity index (χ0n) is 11.8. The predicted molar refractivity (Wildman–Crippen MR) is 75.7 cm³/mol. The van der Waals surface area contributed by atoms with Crippen LogP contribution in [0.4, 0.5) is 5.82 Å². The van der Waals surface area contributed by atoms with Crippen LogP contribution in [0.2, 0.25) is 0 Å². The van der Waals surface area contributed by atoms with Gasteiger partial charge in [-0.25, -0.2) is 4.98 Å². The lowest BCUT2D eigenvalue weighted by atomic mass is 10.1. The Balaban J connectivity index is 2.12. The molecule has 1 aliphatic rings. The van der Waals surface area contributed by atoms with Gasteiger partial charge >= 0.3 is 0 Å². The highest BCUT2D eigenvalue weighted by Gasteiger charge is 2.26. The monoisotopic (exact) mass is 248 g/mol. The van der Waals surface area contributed by atoms with Gasteiger partial charge in [-0.3, -0.25) is 4.90 Å². The zero-order valence-corrected chi connectivity index (χ0v) is 11.8. The van der Waals surface area contributed by atoms with Crippen LogP contribution >= 0.6 is 0 Å². The lowest BCUT2D eigenvalue weighted by molar-refractivity contribution is 0.169. The molecule has 1 aromatic heterocycles. The van der Waals surface area contributed by atoms with Crippen LogP contribution in [0, 0.1) is 0 Å². The first-order chi connectivity index (χ1) is 8.49. The number of hydrogen-bond acceptors (Lipinski definition) is 4. The third kappa shape index (κ3) is 2.65. The van der Waals surface area contributed by atoms with Crippen LogP contribution in [-0.2, 0) is 0 Å². The smallest absolute Gasteiger partial charge is 0.128 e. The molecular formula is C14H24N4. The highest BCUT2D eigenvalue weighted by molar-refractivity contribution is 5.41. The average Bonchev–Trinajstić information content (AvgIpc) is 2.35. The fraction of sp³-hybridized carbons (Fsp3) is 0.643. The van der Waals surface area contributed by atoms with Gasteiger partial charge in [0.2, 0.25) is 0 Å². The summed E-state index contributed by atoms with van der Waals surface area (Å²) in [6.45, 7) is 8.57. The van der Waals surface area contributed by atoms with E-state index in [-0.39, 0.29) is 6.04 Å². The number of hydrogen-bond donors (Lipinski definition) is 1. The van der Waals surface area contributed by atoms with Gasteiger partial charge in [0.1, 0.15) is 5.82 Å². The van der Waals surface area contributed by atoms with Crippen molar-refractivity contribution in [1.82, 2.24) is 9.88 Å². The minimum absolute atomic E-state index is 0.0527. The number of aromatic nitrogens is 1. The molecule has 4 heteroatoms. The second-order valence-corrected chi connectivity index (χ2v) is 5.51. The van der Waals surface area contributed by atoms with Crippen LogP contribution in [0.5, 0.6) is 0 Å². The van der Waals surface area contributed by atoms with Crippen LogP contribution in [0.1, 0.15) is 32.4 Å². The number of nitrogens with two attached hydrogens (primary N) is 1. The molecule has 2 unspecified atom stereocenters. The van der Waals surface area contributed by atoms with Crippen LogP contribution in [0.15, 0.2) is 18.3 Å².